The normalized spacial score (nSPS) is 12.9. The second-order valence-electron chi connectivity index (χ2n) is 10.7. The lowest BCUT2D eigenvalue weighted by atomic mass is 10.0. The summed E-state index contributed by atoms with van der Waals surface area (Å²) in [5.74, 6) is -1.84. The van der Waals surface area contributed by atoms with E-state index in [-0.39, 0.29) is 42.7 Å². The number of rotatable bonds is 15. The Morgan fingerprint density at radius 2 is 1.37 bits per heavy atom. The number of ether oxygens (including phenoxy) is 4. The summed E-state index contributed by atoms with van der Waals surface area (Å²) in [5, 5.41) is 12.9. The summed E-state index contributed by atoms with van der Waals surface area (Å²) < 4.78 is 21.3. The van der Waals surface area contributed by atoms with Gasteiger partial charge in [-0.15, -0.1) is 0 Å². The van der Waals surface area contributed by atoms with Crippen molar-refractivity contribution in [1.82, 2.24) is 5.32 Å². The van der Waals surface area contributed by atoms with Crippen LogP contribution >= 0.6 is 0 Å². The third kappa shape index (κ3) is 11.9. The highest BCUT2D eigenvalue weighted by Crippen LogP contribution is 2.32. The van der Waals surface area contributed by atoms with E-state index < -0.39 is 35.9 Å². The maximum Gasteiger partial charge on any atom is 0.510 e. The van der Waals surface area contributed by atoms with E-state index in [0.717, 1.165) is 0 Å². The Labute approximate surface area is 225 Å². The fourth-order valence-electron chi connectivity index (χ4n) is 3.40. The molecule has 38 heavy (non-hydrogen) atoms. The van der Waals surface area contributed by atoms with E-state index in [1.165, 1.54) is 18.2 Å². The highest BCUT2D eigenvalue weighted by molar-refractivity contribution is 5.81. The van der Waals surface area contributed by atoms with Crippen molar-refractivity contribution in [2.75, 3.05) is 0 Å². The quantitative estimate of drug-likeness (QED) is 0.173. The van der Waals surface area contributed by atoms with Crippen LogP contribution < -0.4 is 14.8 Å². The number of carbonyl (C=O) groups excluding carboxylic acids is 3. The summed E-state index contributed by atoms with van der Waals surface area (Å²) in [6, 6.07) is 3.98. The Morgan fingerprint density at radius 3 is 1.82 bits per heavy atom. The van der Waals surface area contributed by atoms with Gasteiger partial charge in [0.1, 0.15) is 0 Å². The molecule has 10 heteroatoms. The zero-order valence-electron chi connectivity index (χ0n) is 23.8. The van der Waals surface area contributed by atoms with Gasteiger partial charge >= 0.3 is 24.1 Å². The number of aliphatic carboxylic acids is 1. The van der Waals surface area contributed by atoms with Crippen molar-refractivity contribution in [3.05, 3.63) is 23.8 Å². The van der Waals surface area contributed by atoms with Gasteiger partial charge in [0.05, 0.1) is 6.10 Å². The Morgan fingerprint density at radius 1 is 0.842 bits per heavy atom. The van der Waals surface area contributed by atoms with Crippen LogP contribution in [0.15, 0.2) is 18.2 Å². The molecular weight excluding hydrogens is 494 g/mol. The van der Waals surface area contributed by atoms with E-state index in [1.807, 2.05) is 27.7 Å². The molecule has 1 aromatic rings. The number of hydrogen-bond donors (Lipinski definition) is 2. The number of carbonyl (C=O) groups is 4. The number of nitrogens with one attached hydrogen (secondary N) is 1. The predicted octanol–water partition coefficient (Wildman–Crippen LogP) is 5.25. The molecule has 0 aliphatic rings. The van der Waals surface area contributed by atoms with Crippen LogP contribution in [0.1, 0.15) is 86.6 Å². The van der Waals surface area contributed by atoms with Crippen molar-refractivity contribution in [1.29, 1.82) is 0 Å². The van der Waals surface area contributed by atoms with Gasteiger partial charge in [-0.25, -0.2) is 9.59 Å². The number of carboxylic acids is 1. The third-order valence-corrected chi connectivity index (χ3v) is 5.22. The fraction of sp³-hybridized carbons (Fsp3) is 0.643. The first-order valence-electron chi connectivity index (χ1n) is 13.1. The van der Waals surface area contributed by atoms with Crippen LogP contribution in [0.2, 0.25) is 0 Å². The highest BCUT2D eigenvalue weighted by Gasteiger charge is 2.44. The Bertz CT molecular complexity index is 956. The summed E-state index contributed by atoms with van der Waals surface area (Å²) >= 11 is 0. The topological polar surface area (TPSA) is 137 Å². The van der Waals surface area contributed by atoms with E-state index in [0.29, 0.717) is 24.3 Å². The summed E-state index contributed by atoms with van der Waals surface area (Å²) in [7, 11) is 0. The molecule has 0 heterocycles. The first-order valence-corrected chi connectivity index (χ1v) is 13.1. The molecule has 1 aromatic carbocycles. The van der Waals surface area contributed by atoms with Crippen LogP contribution in [0.5, 0.6) is 11.5 Å². The summed E-state index contributed by atoms with van der Waals surface area (Å²) in [6.07, 6.45) is -0.416. The lowest BCUT2D eigenvalue weighted by Gasteiger charge is -2.32. The SMILES string of the molecule is CC(C)CCC(=O)Oc1ccc(C[C@](NC(C)C)(OC(=O)OC(C)C)C(=O)O)cc1OC(=O)CCC(C)C. The molecule has 214 valence electrons. The first-order chi connectivity index (χ1) is 17.6. The van der Waals surface area contributed by atoms with Gasteiger partial charge in [0.15, 0.2) is 11.5 Å². The van der Waals surface area contributed by atoms with Crippen LogP contribution in [-0.4, -0.2) is 47.0 Å². The van der Waals surface area contributed by atoms with Crippen molar-refractivity contribution in [3.63, 3.8) is 0 Å². The minimum Gasteiger partial charge on any atom is -0.477 e. The lowest BCUT2D eigenvalue weighted by Crippen LogP contribution is -2.59. The zero-order valence-corrected chi connectivity index (χ0v) is 23.8. The van der Waals surface area contributed by atoms with Crippen molar-refractivity contribution < 1.29 is 43.2 Å². The monoisotopic (exact) mass is 537 g/mol. The van der Waals surface area contributed by atoms with Gasteiger partial charge in [-0.05, 0) is 70.1 Å². The number of benzene rings is 1. The maximum atomic E-state index is 12.5. The molecule has 10 nitrogen and oxygen atoms in total. The molecule has 0 bridgehead atoms. The minimum absolute atomic E-state index is 0.0252. The van der Waals surface area contributed by atoms with Gasteiger partial charge in [0, 0.05) is 25.3 Å². The molecule has 0 aliphatic heterocycles. The molecule has 0 saturated carbocycles. The molecule has 1 atom stereocenters. The summed E-state index contributed by atoms with van der Waals surface area (Å²) in [5.41, 5.74) is -1.82. The van der Waals surface area contributed by atoms with Crippen LogP contribution in [0, 0.1) is 11.8 Å². The van der Waals surface area contributed by atoms with Crippen LogP contribution in [0.25, 0.3) is 0 Å². The molecular formula is C28H43NO9. The first kappa shape index (κ1) is 32.9. The van der Waals surface area contributed by atoms with Crippen LogP contribution in [-0.2, 0) is 30.3 Å². The van der Waals surface area contributed by atoms with Crippen molar-refractivity contribution in [3.8, 4) is 11.5 Å². The Kier molecular flexibility index (Phi) is 13.3. The molecule has 0 aromatic heterocycles. The zero-order chi connectivity index (χ0) is 29.0. The second-order valence-corrected chi connectivity index (χ2v) is 10.7. The molecule has 1 rings (SSSR count). The van der Waals surface area contributed by atoms with Gasteiger partial charge < -0.3 is 24.1 Å². The standard InChI is InChI=1S/C28H43NO9/c1-17(2)9-13-24(30)36-22-12-11-21(15-23(22)37-25(31)14-10-18(3)4)16-28(26(32)33,29-19(5)6)38-27(34)35-20(7)8/h11-12,15,17-20,29H,9-10,13-14,16H2,1-8H3,(H,32,33)/t28-/m0/s1. The molecule has 0 fully saturated rings. The van der Waals surface area contributed by atoms with Gasteiger partial charge in [-0.1, -0.05) is 33.8 Å². The maximum absolute atomic E-state index is 12.5. The lowest BCUT2D eigenvalue weighted by molar-refractivity contribution is -0.167. The van der Waals surface area contributed by atoms with Gasteiger partial charge in [-0.3, -0.25) is 14.9 Å². The number of esters is 2. The summed E-state index contributed by atoms with van der Waals surface area (Å²) in [4.78, 5) is 49.6. The van der Waals surface area contributed by atoms with Gasteiger partial charge in [0.25, 0.3) is 5.72 Å². The van der Waals surface area contributed by atoms with Crippen molar-refractivity contribution in [2.24, 2.45) is 11.8 Å². The molecule has 0 aliphatic carbocycles. The van der Waals surface area contributed by atoms with Crippen LogP contribution in [0.3, 0.4) is 0 Å². The molecule has 0 amide bonds. The molecule has 0 radical (unpaired) electrons. The average Bonchev–Trinajstić information content (AvgIpc) is 2.76. The van der Waals surface area contributed by atoms with Crippen molar-refractivity contribution >= 4 is 24.1 Å². The van der Waals surface area contributed by atoms with Gasteiger partial charge in [0.2, 0.25) is 0 Å². The smallest absolute Gasteiger partial charge is 0.477 e. The van der Waals surface area contributed by atoms with E-state index >= 15 is 0 Å². The minimum atomic E-state index is -2.17. The van der Waals surface area contributed by atoms with E-state index in [4.69, 9.17) is 18.9 Å². The molecule has 0 spiro atoms. The van der Waals surface area contributed by atoms with Gasteiger partial charge in [-0.2, -0.15) is 0 Å². The van der Waals surface area contributed by atoms with E-state index in [2.05, 4.69) is 5.32 Å². The number of hydrogen-bond acceptors (Lipinski definition) is 9. The molecule has 0 unspecified atom stereocenters. The van der Waals surface area contributed by atoms with Crippen LogP contribution in [0.4, 0.5) is 4.79 Å². The largest absolute Gasteiger partial charge is 0.510 e. The molecule has 0 saturated heterocycles. The fourth-order valence-corrected chi connectivity index (χ4v) is 3.40. The second kappa shape index (κ2) is 15.3. The predicted molar refractivity (Wildman–Crippen MR) is 141 cm³/mol. The van der Waals surface area contributed by atoms with Crippen molar-refractivity contribution in [2.45, 2.75) is 105 Å². The summed E-state index contributed by atoms with van der Waals surface area (Å²) in [6.45, 7) is 14.6. The molecule has 2 N–H and O–H groups in total. The average molecular weight is 538 g/mol. The number of carboxylic acid groups (broad SMARTS) is 1. The highest BCUT2D eigenvalue weighted by atomic mass is 16.7. The Balaban J connectivity index is 3.37. The van der Waals surface area contributed by atoms with E-state index in [1.54, 1.807) is 27.7 Å². The Hall–Kier alpha value is -3.14. The third-order valence-electron chi connectivity index (χ3n) is 5.22. The van der Waals surface area contributed by atoms with E-state index in [9.17, 15) is 24.3 Å².